The molecule has 6 heteroatoms. The van der Waals surface area contributed by atoms with E-state index in [1.807, 2.05) is 31.2 Å². The molecule has 0 aliphatic carbocycles. The molecule has 6 nitrogen and oxygen atoms in total. The van der Waals surface area contributed by atoms with Gasteiger partial charge in [0.25, 0.3) is 0 Å². The smallest absolute Gasteiger partial charge is 0.172 e. The Labute approximate surface area is 115 Å². The van der Waals surface area contributed by atoms with E-state index in [4.69, 9.17) is 14.9 Å². The van der Waals surface area contributed by atoms with Crippen LogP contribution in [0.1, 0.15) is 6.92 Å². The molecule has 0 spiro atoms. The van der Waals surface area contributed by atoms with E-state index in [9.17, 15) is 0 Å². The number of para-hydroxylation sites is 2. The van der Waals surface area contributed by atoms with Gasteiger partial charge in [0, 0.05) is 0 Å². The highest BCUT2D eigenvalue weighted by atomic mass is 16.5. The molecule has 2 heterocycles. The van der Waals surface area contributed by atoms with Crippen LogP contribution in [0.3, 0.4) is 0 Å². The summed E-state index contributed by atoms with van der Waals surface area (Å²) in [5, 5.41) is 8.16. The zero-order valence-electron chi connectivity index (χ0n) is 11.0. The van der Waals surface area contributed by atoms with E-state index in [0.717, 1.165) is 5.69 Å². The van der Waals surface area contributed by atoms with E-state index in [0.29, 0.717) is 29.6 Å². The highest BCUT2D eigenvalue weighted by molar-refractivity contribution is 5.67. The van der Waals surface area contributed by atoms with Gasteiger partial charge < -0.3 is 14.9 Å². The van der Waals surface area contributed by atoms with E-state index in [1.54, 1.807) is 23.1 Å². The first kappa shape index (κ1) is 12.3. The van der Waals surface area contributed by atoms with Gasteiger partial charge in [-0.05, 0) is 31.2 Å². The van der Waals surface area contributed by atoms with Crippen molar-refractivity contribution in [2.75, 3.05) is 12.3 Å². The minimum atomic E-state index is 0.409. The molecule has 2 N–H and O–H groups in total. The lowest BCUT2D eigenvalue weighted by Crippen LogP contribution is -2.05. The van der Waals surface area contributed by atoms with Crippen LogP contribution in [0.15, 0.2) is 47.1 Å². The van der Waals surface area contributed by atoms with Crippen molar-refractivity contribution in [3.8, 4) is 22.9 Å². The molecular formula is C14H14N4O2. The molecule has 2 aromatic heterocycles. The van der Waals surface area contributed by atoms with Crippen LogP contribution in [0.25, 0.3) is 17.1 Å². The lowest BCUT2D eigenvalue weighted by atomic mass is 10.3. The van der Waals surface area contributed by atoms with Crippen molar-refractivity contribution in [2.24, 2.45) is 0 Å². The monoisotopic (exact) mass is 270 g/mol. The van der Waals surface area contributed by atoms with Crippen molar-refractivity contribution in [3.63, 3.8) is 0 Å². The average molecular weight is 270 g/mol. The Morgan fingerprint density at radius 2 is 2.10 bits per heavy atom. The van der Waals surface area contributed by atoms with Crippen molar-refractivity contribution >= 4 is 5.82 Å². The minimum Gasteiger partial charge on any atom is -0.492 e. The fourth-order valence-electron chi connectivity index (χ4n) is 1.97. The van der Waals surface area contributed by atoms with E-state index in [-0.39, 0.29) is 0 Å². The van der Waals surface area contributed by atoms with Crippen LogP contribution in [0.2, 0.25) is 0 Å². The van der Waals surface area contributed by atoms with E-state index in [1.165, 1.54) is 0 Å². The minimum absolute atomic E-state index is 0.409. The molecule has 102 valence electrons. The quantitative estimate of drug-likeness (QED) is 0.788. The van der Waals surface area contributed by atoms with Gasteiger partial charge in [-0.2, -0.15) is 4.68 Å². The molecule has 0 bridgehead atoms. The molecule has 0 atom stereocenters. The zero-order chi connectivity index (χ0) is 13.9. The van der Waals surface area contributed by atoms with Gasteiger partial charge >= 0.3 is 0 Å². The number of aromatic nitrogens is 3. The normalized spacial score (nSPS) is 10.7. The van der Waals surface area contributed by atoms with Crippen molar-refractivity contribution in [1.82, 2.24) is 15.0 Å². The summed E-state index contributed by atoms with van der Waals surface area (Å²) in [6.07, 6.45) is 1.57. The molecule has 3 rings (SSSR count). The Kier molecular flexibility index (Phi) is 3.12. The van der Waals surface area contributed by atoms with Gasteiger partial charge in [-0.25, -0.2) is 0 Å². The fraction of sp³-hybridized carbons (Fsp3) is 0.143. The van der Waals surface area contributed by atoms with Crippen LogP contribution in [0, 0.1) is 0 Å². The van der Waals surface area contributed by atoms with Crippen LogP contribution < -0.4 is 10.5 Å². The summed E-state index contributed by atoms with van der Waals surface area (Å²) >= 11 is 0. The first-order chi connectivity index (χ1) is 9.81. The van der Waals surface area contributed by atoms with E-state index < -0.39 is 0 Å². The largest absolute Gasteiger partial charge is 0.492 e. The van der Waals surface area contributed by atoms with E-state index >= 15 is 0 Å². The van der Waals surface area contributed by atoms with Crippen molar-refractivity contribution in [2.45, 2.75) is 6.92 Å². The van der Waals surface area contributed by atoms with Gasteiger partial charge in [0.15, 0.2) is 17.3 Å². The predicted molar refractivity (Wildman–Crippen MR) is 74.6 cm³/mol. The third-order valence-corrected chi connectivity index (χ3v) is 2.85. The SMILES string of the molecule is CCOc1ccccc1-n1nnc(-c2ccco2)c1N. The van der Waals surface area contributed by atoms with Crippen LogP contribution in [-0.2, 0) is 0 Å². The summed E-state index contributed by atoms with van der Waals surface area (Å²) in [6, 6.07) is 11.1. The number of benzene rings is 1. The van der Waals surface area contributed by atoms with E-state index in [2.05, 4.69) is 10.3 Å². The maximum Gasteiger partial charge on any atom is 0.172 e. The predicted octanol–water partition coefficient (Wildman–Crippen LogP) is 2.51. The average Bonchev–Trinajstić information content (AvgIpc) is 3.09. The van der Waals surface area contributed by atoms with Gasteiger partial charge in [-0.3, -0.25) is 0 Å². The molecule has 3 aromatic rings. The van der Waals surface area contributed by atoms with Crippen molar-refractivity contribution in [1.29, 1.82) is 0 Å². The molecule has 0 fully saturated rings. The number of furan rings is 1. The van der Waals surface area contributed by atoms with Crippen molar-refractivity contribution in [3.05, 3.63) is 42.7 Å². The fourth-order valence-corrected chi connectivity index (χ4v) is 1.97. The molecule has 0 saturated carbocycles. The standard InChI is InChI=1S/C14H14N4O2/c1-2-19-11-7-4-3-6-10(11)18-14(15)13(16-17-18)12-8-5-9-20-12/h3-9H,2,15H2,1H3. The summed E-state index contributed by atoms with van der Waals surface area (Å²) in [5.41, 5.74) is 7.38. The Balaban J connectivity index is 2.08. The second-order valence-corrected chi connectivity index (χ2v) is 4.11. The lowest BCUT2D eigenvalue weighted by Gasteiger charge is -2.10. The number of ether oxygens (including phenoxy) is 1. The molecular weight excluding hydrogens is 256 g/mol. The van der Waals surface area contributed by atoms with Gasteiger partial charge in [0.1, 0.15) is 11.4 Å². The maximum absolute atomic E-state index is 6.11. The highest BCUT2D eigenvalue weighted by Gasteiger charge is 2.17. The number of nitrogens with two attached hydrogens (primary N) is 1. The van der Waals surface area contributed by atoms with Crippen LogP contribution in [0.4, 0.5) is 5.82 Å². The first-order valence-corrected chi connectivity index (χ1v) is 6.28. The number of nitrogen functional groups attached to an aromatic ring is 1. The second kappa shape index (κ2) is 5.08. The second-order valence-electron chi connectivity index (χ2n) is 4.11. The highest BCUT2D eigenvalue weighted by Crippen LogP contribution is 2.29. The summed E-state index contributed by atoms with van der Waals surface area (Å²) in [5.74, 6) is 1.70. The molecule has 0 amide bonds. The van der Waals surface area contributed by atoms with Gasteiger partial charge in [-0.15, -0.1) is 5.10 Å². The lowest BCUT2D eigenvalue weighted by molar-refractivity contribution is 0.338. The summed E-state index contributed by atoms with van der Waals surface area (Å²) in [7, 11) is 0. The third-order valence-electron chi connectivity index (χ3n) is 2.85. The molecule has 0 unspecified atom stereocenters. The Morgan fingerprint density at radius 1 is 1.25 bits per heavy atom. The molecule has 0 saturated heterocycles. The Morgan fingerprint density at radius 3 is 2.85 bits per heavy atom. The van der Waals surface area contributed by atoms with Gasteiger partial charge in [0.05, 0.1) is 12.9 Å². The van der Waals surface area contributed by atoms with Gasteiger partial charge in [0.2, 0.25) is 0 Å². The Bertz CT molecular complexity index is 704. The van der Waals surface area contributed by atoms with Crippen LogP contribution in [0.5, 0.6) is 5.75 Å². The molecule has 0 aliphatic rings. The topological polar surface area (TPSA) is 79.1 Å². The summed E-state index contributed by atoms with van der Waals surface area (Å²) in [6.45, 7) is 2.49. The number of hydrogen-bond acceptors (Lipinski definition) is 5. The third kappa shape index (κ3) is 2.01. The molecule has 1 aromatic carbocycles. The maximum atomic E-state index is 6.11. The number of nitrogens with zero attached hydrogens (tertiary/aromatic N) is 3. The molecule has 20 heavy (non-hydrogen) atoms. The first-order valence-electron chi connectivity index (χ1n) is 6.28. The number of anilines is 1. The van der Waals surface area contributed by atoms with Crippen molar-refractivity contribution < 1.29 is 9.15 Å². The Hall–Kier alpha value is -2.76. The number of hydrogen-bond donors (Lipinski definition) is 1. The van der Waals surface area contributed by atoms with Crippen LogP contribution >= 0.6 is 0 Å². The van der Waals surface area contributed by atoms with Gasteiger partial charge in [-0.1, -0.05) is 17.3 Å². The van der Waals surface area contributed by atoms with Crippen LogP contribution in [-0.4, -0.2) is 21.6 Å². The zero-order valence-corrected chi connectivity index (χ0v) is 11.0. The molecule has 0 radical (unpaired) electrons. The summed E-state index contributed by atoms with van der Waals surface area (Å²) < 4.78 is 12.4. The number of rotatable bonds is 4. The summed E-state index contributed by atoms with van der Waals surface area (Å²) in [4.78, 5) is 0. The molecule has 0 aliphatic heterocycles.